The third-order valence-corrected chi connectivity index (χ3v) is 5.03. The Balaban J connectivity index is 2.08. The molecule has 7 heteroatoms. The summed E-state index contributed by atoms with van der Waals surface area (Å²) in [7, 11) is 0. The minimum absolute atomic E-state index is 0.00170. The van der Waals surface area contributed by atoms with Crippen molar-refractivity contribution in [1.82, 2.24) is 0 Å². The lowest BCUT2D eigenvalue weighted by molar-refractivity contribution is -0.138. The molecule has 0 unspecified atom stereocenters. The third kappa shape index (κ3) is 3.00. The highest BCUT2D eigenvalue weighted by molar-refractivity contribution is 8.00. The van der Waals surface area contributed by atoms with E-state index in [4.69, 9.17) is 0 Å². The van der Waals surface area contributed by atoms with Gasteiger partial charge in [0.15, 0.2) is 0 Å². The first-order valence-electron chi connectivity index (χ1n) is 7.15. The van der Waals surface area contributed by atoms with E-state index in [0.717, 1.165) is 17.8 Å². The number of carbonyl (C=O) groups excluding carboxylic acids is 1. The molecule has 0 saturated carbocycles. The molecular formula is C17H13F4NOS. The Morgan fingerprint density at radius 1 is 1.17 bits per heavy atom. The summed E-state index contributed by atoms with van der Waals surface area (Å²) in [5.74, 6) is -0.794. The van der Waals surface area contributed by atoms with Crippen LogP contribution in [0.25, 0.3) is 0 Å². The van der Waals surface area contributed by atoms with Gasteiger partial charge in [0.05, 0.1) is 11.3 Å². The molecule has 0 aliphatic carbocycles. The monoisotopic (exact) mass is 355 g/mol. The molecule has 0 bridgehead atoms. The number of hydrogen-bond acceptors (Lipinski definition) is 2. The van der Waals surface area contributed by atoms with Crippen LogP contribution in [0, 0.1) is 12.7 Å². The van der Waals surface area contributed by atoms with Crippen molar-refractivity contribution in [2.45, 2.75) is 18.5 Å². The second-order valence-electron chi connectivity index (χ2n) is 5.45. The Hall–Kier alpha value is -2.02. The fraction of sp³-hybridized carbons (Fsp3) is 0.235. The molecule has 0 aromatic heterocycles. The number of hydrogen-bond donors (Lipinski definition) is 0. The maximum Gasteiger partial charge on any atom is 0.416 e. The summed E-state index contributed by atoms with van der Waals surface area (Å²) in [6.07, 6.45) is -4.52. The van der Waals surface area contributed by atoms with Gasteiger partial charge in [0.1, 0.15) is 11.2 Å². The minimum atomic E-state index is -4.52. The third-order valence-electron chi connectivity index (χ3n) is 3.83. The number of alkyl halides is 3. The van der Waals surface area contributed by atoms with Crippen LogP contribution in [0.3, 0.4) is 0 Å². The molecule has 0 spiro atoms. The smallest absolute Gasteiger partial charge is 0.295 e. The van der Waals surface area contributed by atoms with Gasteiger partial charge in [0.25, 0.3) is 0 Å². The SMILES string of the molecule is Cc1ccc(N2C(=O)CS[C@H]2c2ccccc2C(F)(F)F)cc1F. The summed E-state index contributed by atoms with van der Waals surface area (Å²) >= 11 is 1.10. The number of anilines is 1. The zero-order chi connectivity index (χ0) is 17.5. The van der Waals surface area contributed by atoms with Crippen LogP contribution in [-0.2, 0) is 11.0 Å². The quantitative estimate of drug-likeness (QED) is 0.712. The van der Waals surface area contributed by atoms with Crippen molar-refractivity contribution in [3.8, 4) is 0 Å². The predicted molar refractivity (Wildman–Crippen MR) is 85.3 cm³/mol. The normalized spacial score (nSPS) is 18.3. The van der Waals surface area contributed by atoms with Gasteiger partial charge in [-0.25, -0.2) is 4.39 Å². The number of carbonyl (C=O) groups is 1. The zero-order valence-electron chi connectivity index (χ0n) is 12.6. The summed E-state index contributed by atoms with van der Waals surface area (Å²) in [6.45, 7) is 1.58. The van der Waals surface area contributed by atoms with Crippen molar-refractivity contribution in [2.24, 2.45) is 0 Å². The van der Waals surface area contributed by atoms with Crippen molar-refractivity contribution < 1.29 is 22.4 Å². The Morgan fingerprint density at radius 3 is 2.54 bits per heavy atom. The lowest BCUT2D eigenvalue weighted by Gasteiger charge is -2.26. The van der Waals surface area contributed by atoms with Gasteiger partial charge in [-0.15, -0.1) is 11.8 Å². The topological polar surface area (TPSA) is 20.3 Å². The average molecular weight is 355 g/mol. The molecule has 1 fully saturated rings. The van der Waals surface area contributed by atoms with E-state index >= 15 is 0 Å². The van der Waals surface area contributed by atoms with Crippen molar-refractivity contribution in [2.75, 3.05) is 10.7 Å². The van der Waals surface area contributed by atoms with Gasteiger partial charge in [-0.05, 0) is 36.2 Å². The van der Waals surface area contributed by atoms with E-state index in [1.54, 1.807) is 13.0 Å². The van der Waals surface area contributed by atoms with Crippen molar-refractivity contribution in [3.63, 3.8) is 0 Å². The lowest BCUT2D eigenvalue weighted by Crippen LogP contribution is -2.29. The van der Waals surface area contributed by atoms with Crippen LogP contribution in [0.4, 0.5) is 23.2 Å². The maximum absolute atomic E-state index is 13.8. The number of benzene rings is 2. The Kier molecular flexibility index (Phi) is 4.29. The predicted octanol–water partition coefficient (Wildman–Crippen LogP) is 4.93. The molecule has 1 aliphatic rings. The van der Waals surface area contributed by atoms with E-state index in [-0.39, 0.29) is 22.9 Å². The van der Waals surface area contributed by atoms with Crippen LogP contribution < -0.4 is 4.90 Å². The summed E-state index contributed by atoms with van der Waals surface area (Å²) < 4.78 is 53.7. The van der Waals surface area contributed by atoms with Crippen LogP contribution in [0.5, 0.6) is 0 Å². The van der Waals surface area contributed by atoms with E-state index < -0.39 is 22.9 Å². The highest BCUT2D eigenvalue weighted by atomic mass is 32.2. The van der Waals surface area contributed by atoms with Gasteiger partial charge >= 0.3 is 6.18 Å². The van der Waals surface area contributed by atoms with Crippen molar-refractivity contribution in [1.29, 1.82) is 0 Å². The second-order valence-corrected chi connectivity index (χ2v) is 6.51. The number of aryl methyl sites for hydroxylation is 1. The summed E-state index contributed by atoms with van der Waals surface area (Å²) in [6, 6.07) is 9.40. The van der Waals surface area contributed by atoms with Gasteiger partial charge in [-0.1, -0.05) is 24.3 Å². The summed E-state index contributed by atoms with van der Waals surface area (Å²) in [5.41, 5.74) is -0.114. The molecule has 1 aliphatic heterocycles. The van der Waals surface area contributed by atoms with Crippen LogP contribution in [-0.4, -0.2) is 11.7 Å². The molecule has 126 valence electrons. The van der Waals surface area contributed by atoms with Gasteiger partial charge in [0, 0.05) is 5.69 Å². The molecule has 1 atom stereocenters. The average Bonchev–Trinajstić information content (AvgIpc) is 2.91. The first kappa shape index (κ1) is 16.8. The second kappa shape index (κ2) is 6.12. The Morgan fingerprint density at radius 2 is 1.88 bits per heavy atom. The van der Waals surface area contributed by atoms with Gasteiger partial charge in [-0.2, -0.15) is 13.2 Å². The molecule has 1 amide bonds. The first-order valence-corrected chi connectivity index (χ1v) is 8.20. The molecule has 1 heterocycles. The zero-order valence-corrected chi connectivity index (χ0v) is 13.4. The largest absolute Gasteiger partial charge is 0.416 e. The Bertz CT molecular complexity index is 790. The summed E-state index contributed by atoms with van der Waals surface area (Å²) in [5, 5.41) is -0.836. The standard InChI is InChI=1S/C17H13F4NOS/c1-10-6-7-11(8-14(10)18)22-15(23)9-24-16(22)12-4-2-3-5-13(12)17(19,20)21/h2-8,16H,9H2,1H3/t16-/m0/s1. The van der Waals surface area contributed by atoms with Crippen LogP contribution >= 0.6 is 11.8 Å². The molecule has 2 nitrogen and oxygen atoms in total. The van der Waals surface area contributed by atoms with Crippen molar-refractivity contribution >= 4 is 23.4 Å². The lowest BCUT2D eigenvalue weighted by atomic mass is 10.1. The molecule has 3 rings (SSSR count). The van der Waals surface area contributed by atoms with Gasteiger partial charge in [-0.3, -0.25) is 9.69 Å². The first-order chi connectivity index (χ1) is 11.3. The molecular weight excluding hydrogens is 342 g/mol. The molecule has 1 saturated heterocycles. The highest BCUT2D eigenvalue weighted by Crippen LogP contribution is 2.46. The van der Waals surface area contributed by atoms with Crippen LogP contribution in [0.2, 0.25) is 0 Å². The van der Waals surface area contributed by atoms with E-state index in [9.17, 15) is 22.4 Å². The molecule has 0 N–H and O–H groups in total. The van der Waals surface area contributed by atoms with Crippen LogP contribution in [0.15, 0.2) is 42.5 Å². The van der Waals surface area contributed by atoms with E-state index in [0.29, 0.717) is 5.56 Å². The molecule has 24 heavy (non-hydrogen) atoms. The number of halogens is 4. The number of nitrogens with zero attached hydrogens (tertiary/aromatic N) is 1. The maximum atomic E-state index is 13.8. The molecule has 2 aromatic rings. The van der Waals surface area contributed by atoms with E-state index in [1.807, 2.05) is 0 Å². The van der Waals surface area contributed by atoms with Crippen LogP contribution in [0.1, 0.15) is 22.1 Å². The van der Waals surface area contributed by atoms with Gasteiger partial charge < -0.3 is 0 Å². The van der Waals surface area contributed by atoms with Gasteiger partial charge in [0.2, 0.25) is 5.91 Å². The number of rotatable bonds is 2. The fourth-order valence-electron chi connectivity index (χ4n) is 2.64. The van der Waals surface area contributed by atoms with E-state index in [1.165, 1.54) is 35.2 Å². The molecule has 2 aromatic carbocycles. The number of amides is 1. The number of thioether (sulfide) groups is 1. The van der Waals surface area contributed by atoms with E-state index in [2.05, 4.69) is 0 Å². The minimum Gasteiger partial charge on any atom is -0.295 e. The highest BCUT2D eigenvalue weighted by Gasteiger charge is 2.41. The summed E-state index contributed by atoms with van der Waals surface area (Å²) in [4.78, 5) is 13.5. The van der Waals surface area contributed by atoms with Crippen molar-refractivity contribution in [3.05, 3.63) is 65.0 Å². The fourth-order valence-corrected chi connectivity index (χ4v) is 3.85. The molecule has 0 radical (unpaired) electrons. The Labute approximate surface area is 140 Å².